The number of hydrogen-bond acceptors (Lipinski definition) is 5. The van der Waals surface area contributed by atoms with Crippen molar-refractivity contribution in [3.63, 3.8) is 0 Å². The molecule has 1 radical (unpaired) electrons. The van der Waals surface area contributed by atoms with Crippen LogP contribution in [0.2, 0.25) is 0 Å². The van der Waals surface area contributed by atoms with E-state index in [1.54, 1.807) is 24.3 Å². The first-order valence-corrected chi connectivity index (χ1v) is 6.07. The standard InChI is InChI=1S/C15H14N2O4.Cu.H2O/c1-21-13-8-4-5-10(14(13)19)9-16-17-15(20)11-6-2-3-7-12(11)18;;/h2-9,18-19H,1H3,(H,17,20);;1H2/q;+2;/p-2/b16-9+;;. The predicted molar refractivity (Wildman–Crippen MR) is 77.0 cm³/mol. The largest absolute Gasteiger partial charge is 2.00 e. The van der Waals surface area contributed by atoms with Crippen molar-refractivity contribution < 1.29 is 42.3 Å². The first kappa shape index (κ1) is 20.5. The van der Waals surface area contributed by atoms with Crippen molar-refractivity contribution in [2.75, 3.05) is 7.11 Å². The van der Waals surface area contributed by atoms with Crippen molar-refractivity contribution in [2.45, 2.75) is 0 Å². The van der Waals surface area contributed by atoms with E-state index in [2.05, 4.69) is 10.5 Å². The minimum Gasteiger partial charge on any atom is -0.872 e. The molecule has 0 saturated carbocycles. The van der Waals surface area contributed by atoms with Gasteiger partial charge in [-0.3, -0.25) is 4.79 Å². The van der Waals surface area contributed by atoms with E-state index in [1.807, 2.05) is 0 Å². The van der Waals surface area contributed by atoms with E-state index in [1.165, 1.54) is 31.5 Å². The number of hydrogen-bond donors (Lipinski definition) is 1. The zero-order valence-corrected chi connectivity index (χ0v) is 12.9. The molecular weight excluding hydrogens is 352 g/mol. The monoisotopic (exact) mass is 365 g/mol. The van der Waals surface area contributed by atoms with Crippen LogP contribution in [0.25, 0.3) is 0 Å². The zero-order chi connectivity index (χ0) is 15.2. The number of carbonyl (C=O) groups is 1. The number of hydrazone groups is 1. The van der Waals surface area contributed by atoms with E-state index in [-0.39, 0.29) is 45.2 Å². The summed E-state index contributed by atoms with van der Waals surface area (Å²) >= 11 is 0. The summed E-state index contributed by atoms with van der Waals surface area (Å²) in [5.74, 6) is -1.17. The number of nitrogens with zero attached hydrogens (tertiary/aromatic N) is 1. The number of para-hydroxylation sites is 2. The number of carbonyl (C=O) groups excluding carboxylic acids is 1. The Morgan fingerprint density at radius 3 is 2.52 bits per heavy atom. The average Bonchev–Trinajstić information content (AvgIpc) is 2.49. The van der Waals surface area contributed by atoms with Crippen molar-refractivity contribution in [3.05, 3.63) is 53.6 Å². The molecule has 2 rings (SSSR count). The van der Waals surface area contributed by atoms with Crippen molar-refractivity contribution in [2.24, 2.45) is 5.10 Å². The molecule has 8 heteroatoms. The summed E-state index contributed by atoms with van der Waals surface area (Å²) in [7, 11) is 1.39. The summed E-state index contributed by atoms with van der Waals surface area (Å²) in [5.41, 5.74) is 2.46. The number of nitrogens with one attached hydrogen (secondary N) is 1. The molecule has 2 aromatic rings. The summed E-state index contributed by atoms with van der Waals surface area (Å²) < 4.78 is 4.90. The van der Waals surface area contributed by atoms with Gasteiger partial charge < -0.3 is 20.4 Å². The normalized spacial score (nSPS) is 9.61. The van der Waals surface area contributed by atoms with Crippen LogP contribution in [0.5, 0.6) is 17.2 Å². The molecule has 3 N–H and O–H groups in total. The second kappa shape index (κ2) is 9.47. The smallest absolute Gasteiger partial charge is 0.872 e. The summed E-state index contributed by atoms with van der Waals surface area (Å²) in [6.45, 7) is 0. The molecule has 0 unspecified atom stereocenters. The average molecular weight is 366 g/mol. The van der Waals surface area contributed by atoms with Crippen LogP contribution < -0.4 is 20.4 Å². The summed E-state index contributed by atoms with van der Waals surface area (Å²) in [6, 6.07) is 10.5. The molecule has 0 aromatic heterocycles. The van der Waals surface area contributed by atoms with Gasteiger partial charge in [0.05, 0.1) is 13.3 Å². The third-order valence-corrected chi connectivity index (χ3v) is 2.73. The molecule has 0 spiro atoms. The van der Waals surface area contributed by atoms with E-state index in [9.17, 15) is 15.0 Å². The number of methoxy groups -OCH3 is 1. The molecule has 0 aliphatic carbocycles. The number of rotatable bonds is 4. The van der Waals surface area contributed by atoms with Gasteiger partial charge in [-0.05, 0) is 11.6 Å². The molecular formula is C15H14CuN2O5. The second-order valence-electron chi connectivity index (χ2n) is 4.07. The van der Waals surface area contributed by atoms with Crippen LogP contribution in [0.15, 0.2) is 47.6 Å². The maximum Gasteiger partial charge on any atom is 2.00 e. The molecule has 1 amide bonds. The van der Waals surface area contributed by atoms with E-state index in [0.29, 0.717) is 0 Å². The van der Waals surface area contributed by atoms with Crippen LogP contribution in [0.4, 0.5) is 0 Å². The zero-order valence-electron chi connectivity index (χ0n) is 12.0. The van der Waals surface area contributed by atoms with Gasteiger partial charge in [-0.25, -0.2) is 5.43 Å². The number of amides is 1. The minimum atomic E-state index is -0.632. The van der Waals surface area contributed by atoms with Crippen molar-refractivity contribution in [1.82, 2.24) is 5.43 Å². The third kappa shape index (κ3) is 5.00. The van der Waals surface area contributed by atoms with Crippen LogP contribution in [0.1, 0.15) is 15.9 Å². The fourth-order valence-corrected chi connectivity index (χ4v) is 1.67. The Bertz CT molecular complexity index is 691. The molecule has 125 valence electrons. The van der Waals surface area contributed by atoms with Crippen LogP contribution in [0, 0.1) is 0 Å². The summed E-state index contributed by atoms with van der Waals surface area (Å²) in [6.07, 6.45) is 1.20. The van der Waals surface area contributed by atoms with Gasteiger partial charge >= 0.3 is 17.1 Å². The first-order valence-electron chi connectivity index (χ1n) is 6.07. The maximum atomic E-state index is 11.8. The van der Waals surface area contributed by atoms with Crippen LogP contribution in [0.3, 0.4) is 0 Å². The Hall–Kier alpha value is -2.54. The van der Waals surface area contributed by atoms with Gasteiger partial charge in [0.15, 0.2) is 0 Å². The van der Waals surface area contributed by atoms with Gasteiger partial charge in [0.1, 0.15) is 5.75 Å². The minimum absolute atomic E-state index is 0. The van der Waals surface area contributed by atoms with Crippen LogP contribution in [-0.2, 0) is 17.1 Å². The van der Waals surface area contributed by atoms with E-state index in [0.717, 1.165) is 0 Å². The van der Waals surface area contributed by atoms with E-state index >= 15 is 0 Å². The predicted octanol–water partition coefficient (Wildman–Crippen LogP) is -0.221. The van der Waals surface area contributed by atoms with Gasteiger partial charge in [0, 0.05) is 5.56 Å². The molecule has 0 aliphatic rings. The quantitative estimate of drug-likeness (QED) is 0.456. The maximum absolute atomic E-state index is 11.8. The molecule has 0 atom stereocenters. The van der Waals surface area contributed by atoms with Gasteiger partial charge in [0.2, 0.25) is 0 Å². The van der Waals surface area contributed by atoms with Crippen LogP contribution >= 0.6 is 0 Å². The van der Waals surface area contributed by atoms with Crippen molar-refractivity contribution >= 4 is 12.1 Å². The Balaban J connectivity index is 0.00000242. The molecule has 23 heavy (non-hydrogen) atoms. The first-order chi connectivity index (χ1) is 10.1. The van der Waals surface area contributed by atoms with Gasteiger partial charge in [0.25, 0.3) is 5.91 Å². The Kier molecular flexibility index (Phi) is 8.43. The topological polar surface area (TPSA) is 128 Å². The fraction of sp³-hybridized carbons (Fsp3) is 0.0667. The Labute approximate surface area is 143 Å². The van der Waals surface area contributed by atoms with Gasteiger partial charge in [-0.15, -0.1) is 0 Å². The number of ether oxygens (including phenoxy) is 1. The molecule has 0 aliphatic heterocycles. The molecule has 0 saturated heterocycles. The van der Waals surface area contributed by atoms with Gasteiger partial charge in [-0.2, -0.15) is 5.10 Å². The SMILES string of the molecule is COc1cccc(/C=N/NC(=O)c2ccccc2[O-])c1[O-].O.[Cu+2]. The molecule has 7 nitrogen and oxygen atoms in total. The molecule has 0 bridgehead atoms. The molecule has 0 fully saturated rings. The third-order valence-electron chi connectivity index (χ3n) is 2.73. The van der Waals surface area contributed by atoms with Gasteiger partial charge in [-0.1, -0.05) is 47.9 Å². The van der Waals surface area contributed by atoms with E-state index in [4.69, 9.17) is 4.74 Å². The molecule has 2 aromatic carbocycles. The van der Waals surface area contributed by atoms with Crippen molar-refractivity contribution in [3.8, 4) is 17.2 Å². The summed E-state index contributed by atoms with van der Waals surface area (Å²) in [4.78, 5) is 11.7. The second-order valence-corrected chi connectivity index (χ2v) is 4.07. The fourth-order valence-electron chi connectivity index (χ4n) is 1.67. The summed E-state index contributed by atoms with van der Waals surface area (Å²) in [5, 5.41) is 26.9. The van der Waals surface area contributed by atoms with Crippen molar-refractivity contribution in [1.29, 1.82) is 0 Å². The Morgan fingerprint density at radius 1 is 1.17 bits per heavy atom. The van der Waals surface area contributed by atoms with Crippen LogP contribution in [-0.4, -0.2) is 24.7 Å². The molecule has 0 heterocycles. The Morgan fingerprint density at radius 2 is 1.87 bits per heavy atom. The number of benzene rings is 2. The van der Waals surface area contributed by atoms with E-state index < -0.39 is 11.7 Å².